The van der Waals surface area contributed by atoms with E-state index in [4.69, 9.17) is 9.47 Å². The summed E-state index contributed by atoms with van der Waals surface area (Å²) in [4.78, 5) is 24.7. The van der Waals surface area contributed by atoms with Gasteiger partial charge in [-0.1, -0.05) is 48.5 Å². The van der Waals surface area contributed by atoms with Crippen molar-refractivity contribution in [2.75, 3.05) is 13.2 Å². The fourth-order valence-electron chi connectivity index (χ4n) is 4.76. The number of rotatable bonds is 5. The van der Waals surface area contributed by atoms with Crippen LogP contribution in [0.25, 0.3) is 11.1 Å². The number of benzene rings is 2. The van der Waals surface area contributed by atoms with Gasteiger partial charge in [-0.2, -0.15) is 0 Å². The lowest BCUT2D eigenvalue weighted by atomic mass is 9.98. The van der Waals surface area contributed by atoms with Crippen LogP contribution in [0.2, 0.25) is 0 Å². The molecule has 1 amide bonds. The summed E-state index contributed by atoms with van der Waals surface area (Å²) < 4.78 is 11.0. The van der Waals surface area contributed by atoms with Crippen molar-refractivity contribution in [3.8, 4) is 11.1 Å². The minimum atomic E-state index is -0.651. The van der Waals surface area contributed by atoms with Crippen molar-refractivity contribution in [2.45, 2.75) is 51.2 Å². The third kappa shape index (κ3) is 4.80. The maximum absolute atomic E-state index is 12.4. The van der Waals surface area contributed by atoms with Crippen LogP contribution in [0, 0.1) is 11.8 Å². The van der Waals surface area contributed by atoms with Gasteiger partial charge >= 0.3 is 12.1 Å². The molecule has 2 aromatic carbocycles. The largest absolute Gasteiger partial charge is 0.460 e. The number of aliphatic hydroxyl groups is 1. The van der Waals surface area contributed by atoms with Gasteiger partial charge in [0.25, 0.3) is 0 Å². The number of fused-ring (bicyclic) bond motifs is 3. The van der Waals surface area contributed by atoms with E-state index in [1.807, 2.05) is 45.0 Å². The summed E-state index contributed by atoms with van der Waals surface area (Å²) in [5, 5.41) is 13.1. The Bertz CT molecular complexity index is 950. The minimum Gasteiger partial charge on any atom is -0.460 e. The molecule has 6 heteroatoms. The maximum Gasteiger partial charge on any atom is 0.407 e. The highest BCUT2D eigenvalue weighted by molar-refractivity contribution is 5.79. The van der Waals surface area contributed by atoms with Crippen LogP contribution < -0.4 is 5.32 Å². The molecule has 0 bridgehead atoms. The van der Waals surface area contributed by atoms with Gasteiger partial charge in [-0.25, -0.2) is 4.79 Å². The van der Waals surface area contributed by atoms with E-state index in [9.17, 15) is 14.7 Å². The number of carbonyl (C=O) groups excluding carboxylic acids is 2. The second-order valence-electron chi connectivity index (χ2n) is 9.74. The molecule has 0 unspecified atom stereocenters. The maximum atomic E-state index is 12.4. The monoisotopic (exact) mass is 437 g/mol. The highest BCUT2D eigenvalue weighted by Gasteiger charge is 2.39. The number of ether oxygens (including phenoxy) is 2. The fourth-order valence-corrected chi connectivity index (χ4v) is 4.76. The smallest absolute Gasteiger partial charge is 0.407 e. The van der Waals surface area contributed by atoms with Crippen LogP contribution in [0.4, 0.5) is 4.79 Å². The van der Waals surface area contributed by atoms with E-state index in [1.54, 1.807) is 0 Å². The molecule has 0 heterocycles. The third-order valence-corrected chi connectivity index (χ3v) is 6.25. The molecule has 2 aromatic rings. The van der Waals surface area contributed by atoms with Crippen molar-refractivity contribution < 1.29 is 24.2 Å². The van der Waals surface area contributed by atoms with Crippen LogP contribution in [0.1, 0.15) is 50.7 Å². The number of hydrogen-bond donors (Lipinski definition) is 2. The van der Waals surface area contributed by atoms with Gasteiger partial charge in [0.1, 0.15) is 12.2 Å². The molecule has 6 nitrogen and oxygen atoms in total. The molecule has 0 saturated heterocycles. The van der Waals surface area contributed by atoms with Gasteiger partial charge in [0.15, 0.2) is 0 Å². The topological polar surface area (TPSA) is 84.9 Å². The summed E-state index contributed by atoms with van der Waals surface area (Å²) in [6, 6.07) is 16.4. The van der Waals surface area contributed by atoms with Crippen molar-refractivity contribution >= 4 is 12.1 Å². The molecular formula is C26H31NO5. The van der Waals surface area contributed by atoms with E-state index >= 15 is 0 Å². The summed E-state index contributed by atoms with van der Waals surface area (Å²) in [5.74, 6) is -0.839. The number of amides is 1. The first-order valence-electron chi connectivity index (χ1n) is 11.2. The quantitative estimate of drug-likeness (QED) is 0.683. The molecule has 1 fully saturated rings. The highest BCUT2D eigenvalue weighted by Crippen LogP contribution is 2.44. The van der Waals surface area contributed by atoms with Crippen LogP contribution in [0.3, 0.4) is 0 Å². The summed E-state index contributed by atoms with van der Waals surface area (Å²) >= 11 is 0. The summed E-state index contributed by atoms with van der Waals surface area (Å²) in [7, 11) is 0. The van der Waals surface area contributed by atoms with Crippen molar-refractivity contribution in [1.82, 2.24) is 5.32 Å². The van der Waals surface area contributed by atoms with Gasteiger partial charge in [0, 0.05) is 18.4 Å². The predicted molar refractivity (Wildman–Crippen MR) is 121 cm³/mol. The van der Waals surface area contributed by atoms with Crippen molar-refractivity contribution in [3.63, 3.8) is 0 Å². The second-order valence-corrected chi connectivity index (χ2v) is 9.74. The van der Waals surface area contributed by atoms with E-state index in [2.05, 4.69) is 29.6 Å². The molecule has 2 aliphatic carbocycles. The van der Waals surface area contributed by atoms with Crippen molar-refractivity contribution in [3.05, 3.63) is 59.7 Å². The number of hydrogen-bond acceptors (Lipinski definition) is 5. The molecule has 170 valence electrons. The Morgan fingerprint density at radius 3 is 2.19 bits per heavy atom. The van der Waals surface area contributed by atoms with Gasteiger partial charge in [0.2, 0.25) is 0 Å². The standard InChI is InChI=1S/C26H31NO5/c1-26(2,3)32-24(29)16-12-17(23(28)13-16)14-27-25(30)31-15-22-20-10-6-4-8-18(20)19-9-5-7-11-21(19)22/h4-11,16-17,22-23,28H,12-15H2,1-3H3,(H,27,30)/t16-,17+,23+/m0/s1. The first-order valence-corrected chi connectivity index (χ1v) is 11.2. The van der Waals surface area contributed by atoms with E-state index in [-0.39, 0.29) is 36.9 Å². The Morgan fingerprint density at radius 1 is 1.00 bits per heavy atom. The van der Waals surface area contributed by atoms with Crippen LogP contribution >= 0.6 is 0 Å². The summed E-state index contributed by atoms with van der Waals surface area (Å²) in [6.45, 7) is 5.98. The second kappa shape index (κ2) is 8.94. The highest BCUT2D eigenvalue weighted by atomic mass is 16.6. The van der Waals surface area contributed by atoms with Gasteiger partial charge < -0.3 is 19.9 Å². The van der Waals surface area contributed by atoms with Crippen molar-refractivity contribution in [1.29, 1.82) is 0 Å². The third-order valence-electron chi connectivity index (χ3n) is 6.25. The zero-order valence-electron chi connectivity index (χ0n) is 18.8. The zero-order valence-corrected chi connectivity index (χ0v) is 18.8. The molecular weight excluding hydrogens is 406 g/mol. The Kier molecular flexibility index (Phi) is 6.24. The fraction of sp³-hybridized carbons (Fsp3) is 0.462. The molecule has 4 rings (SSSR count). The van der Waals surface area contributed by atoms with Gasteiger partial charge in [-0.3, -0.25) is 4.79 Å². The number of aliphatic hydroxyl groups excluding tert-OH is 1. The number of nitrogens with one attached hydrogen (secondary N) is 1. The lowest BCUT2D eigenvalue weighted by molar-refractivity contribution is -0.160. The number of carbonyl (C=O) groups is 2. The molecule has 2 N–H and O–H groups in total. The lowest BCUT2D eigenvalue weighted by Gasteiger charge is -2.22. The van der Waals surface area contributed by atoms with E-state index in [0.29, 0.717) is 12.8 Å². The number of alkyl carbamates (subject to hydrolysis) is 1. The Hall–Kier alpha value is -2.86. The minimum absolute atomic E-state index is 0.00164. The van der Waals surface area contributed by atoms with Gasteiger partial charge in [-0.15, -0.1) is 0 Å². The Labute approximate surface area is 188 Å². The molecule has 0 aliphatic heterocycles. The summed E-state index contributed by atoms with van der Waals surface area (Å²) in [5.41, 5.74) is 4.12. The molecule has 3 atom stereocenters. The summed E-state index contributed by atoms with van der Waals surface area (Å²) in [6.07, 6.45) is -0.327. The van der Waals surface area contributed by atoms with Crippen LogP contribution in [-0.2, 0) is 14.3 Å². The first-order chi connectivity index (χ1) is 15.2. The average molecular weight is 438 g/mol. The molecule has 0 spiro atoms. The SMILES string of the molecule is CC(C)(C)OC(=O)[C@H]1C[C@H](CNC(=O)OCC2c3ccccc3-c3ccccc32)[C@H](O)C1. The molecule has 32 heavy (non-hydrogen) atoms. The van der Waals surface area contributed by atoms with E-state index < -0.39 is 17.8 Å². The number of esters is 1. The van der Waals surface area contributed by atoms with Gasteiger partial charge in [-0.05, 0) is 55.9 Å². The Balaban J connectivity index is 1.30. The molecule has 0 aromatic heterocycles. The van der Waals surface area contributed by atoms with E-state index in [1.165, 1.54) is 11.1 Å². The van der Waals surface area contributed by atoms with Crippen molar-refractivity contribution in [2.24, 2.45) is 11.8 Å². The van der Waals surface area contributed by atoms with Crippen LogP contribution in [0.5, 0.6) is 0 Å². The predicted octanol–water partition coefficient (Wildman–Crippen LogP) is 4.25. The lowest BCUT2D eigenvalue weighted by Crippen LogP contribution is -2.33. The van der Waals surface area contributed by atoms with Gasteiger partial charge in [0.05, 0.1) is 12.0 Å². The Morgan fingerprint density at radius 2 is 1.59 bits per heavy atom. The average Bonchev–Trinajstić information content (AvgIpc) is 3.27. The molecule has 0 radical (unpaired) electrons. The normalized spacial score (nSPS) is 22.2. The zero-order chi connectivity index (χ0) is 22.9. The van der Waals surface area contributed by atoms with Crippen LogP contribution in [0.15, 0.2) is 48.5 Å². The molecule has 2 aliphatic rings. The first kappa shape index (κ1) is 22.3. The van der Waals surface area contributed by atoms with E-state index in [0.717, 1.165) is 11.1 Å². The van der Waals surface area contributed by atoms with Crippen LogP contribution in [-0.4, -0.2) is 42.0 Å². The molecule has 1 saturated carbocycles.